The lowest BCUT2D eigenvalue weighted by Gasteiger charge is -2.28. The molecule has 0 aliphatic rings. The van der Waals surface area contributed by atoms with Crippen molar-refractivity contribution in [1.29, 1.82) is 0 Å². The maximum Gasteiger partial charge on any atom is 0.315 e. The molecule has 19 heavy (non-hydrogen) atoms. The summed E-state index contributed by atoms with van der Waals surface area (Å²) in [4.78, 5) is 11.8. The maximum atomic E-state index is 11.8. The van der Waals surface area contributed by atoms with Gasteiger partial charge < -0.3 is 10.8 Å². The molecule has 0 spiro atoms. The van der Waals surface area contributed by atoms with Crippen molar-refractivity contribution in [2.24, 2.45) is 5.73 Å². The smallest absolute Gasteiger partial charge is 0.315 e. The average molecular weight is 275 g/mol. The fourth-order valence-corrected chi connectivity index (χ4v) is 2.86. The van der Waals surface area contributed by atoms with Crippen molar-refractivity contribution >= 4 is 17.3 Å². The Morgan fingerprint density at radius 2 is 2.00 bits per heavy atom. The minimum atomic E-state index is -1.05. The summed E-state index contributed by atoms with van der Waals surface area (Å²) in [6.07, 6.45) is 0.422. The number of hydrogen-bond donors (Lipinski definition) is 2. The number of thiophene rings is 1. The van der Waals surface area contributed by atoms with E-state index in [0.717, 1.165) is 16.7 Å². The maximum absolute atomic E-state index is 11.8. The van der Waals surface area contributed by atoms with Gasteiger partial charge in [-0.1, -0.05) is 29.8 Å². The molecule has 0 radical (unpaired) electrons. The van der Waals surface area contributed by atoms with E-state index in [-0.39, 0.29) is 6.54 Å². The van der Waals surface area contributed by atoms with Crippen molar-refractivity contribution in [3.05, 3.63) is 57.8 Å². The Morgan fingerprint density at radius 3 is 2.47 bits per heavy atom. The highest BCUT2D eigenvalue weighted by Crippen LogP contribution is 2.29. The lowest BCUT2D eigenvalue weighted by molar-refractivity contribution is -0.143. The van der Waals surface area contributed by atoms with Crippen LogP contribution in [0.1, 0.15) is 16.7 Å². The number of carboxylic acids is 1. The van der Waals surface area contributed by atoms with E-state index in [4.69, 9.17) is 5.73 Å². The summed E-state index contributed by atoms with van der Waals surface area (Å²) in [5.74, 6) is -0.870. The van der Waals surface area contributed by atoms with Crippen molar-refractivity contribution in [2.75, 3.05) is 6.54 Å². The van der Waals surface area contributed by atoms with Crippen molar-refractivity contribution in [3.63, 3.8) is 0 Å². The zero-order valence-electron chi connectivity index (χ0n) is 10.8. The Balaban J connectivity index is 2.44. The van der Waals surface area contributed by atoms with E-state index >= 15 is 0 Å². The molecule has 2 aromatic rings. The first-order valence-corrected chi connectivity index (χ1v) is 7.04. The molecule has 3 nitrogen and oxygen atoms in total. The molecule has 100 valence electrons. The van der Waals surface area contributed by atoms with Gasteiger partial charge in [0.2, 0.25) is 0 Å². The highest BCUT2D eigenvalue weighted by atomic mass is 32.1. The van der Waals surface area contributed by atoms with E-state index in [1.807, 2.05) is 48.0 Å². The van der Waals surface area contributed by atoms with Crippen LogP contribution in [-0.4, -0.2) is 17.6 Å². The SMILES string of the molecule is Cc1ccc(C(CN)(Cc2ccsc2)C(=O)O)cc1. The number of rotatable bonds is 5. The van der Waals surface area contributed by atoms with Gasteiger partial charge in [-0.25, -0.2) is 0 Å². The Labute approximate surface area is 116 Å². The molecule has 0 fully saturated rings. The van der Waals surface area contributed by atoms with Gasteiger partial charge in [0, 0.05) is 6.54 Å². The summed E-state index contributed by atoms with van der Waals surface area (Å²) in [6.45, 7) is 2.06. The van der Waals surface area contributed by atoms with Gasteiger partial charge in [0.1, 0.15) is 5.41 Å². The van der Waals surface area contributed by atoms with Crippen molar-refractivity contribution < 1.29 is 9.90 Å². The van der Waals surface area contributed by atoms with Gasteiger partial charge >= 0.3 is 5.97 Å². The number of nitrogens with two attached hydrogens (primary N) is 1. The van der Waals surface area contributed by atoms with Crippen LogP contribution in [0.15, 0.2) is 41.1 Å². The van der Waals surface area contributed by atoms with Crippen LogP contribution in [0.25, 0.3) is 0 Å². The monoisotopic (exact) mass is 275 g/mol. The van der Waals surface area contributed by atoms with Crippen LogP contribution in [0, 0.1) is 6.92 Å². The third kappa shape index (κ3) is 2.69. The molecule has 1 aromatic carbocycles. The lowest BCUT2D eigenvalue weighted by Crippen LogP contribution is -2.44. The zero-order valence-corrected chi connectivity index (χ0v) is 11.6. The molecular formula is C15H17NO2S. The Bertz CT molecular complexity index is 548. The third-order valence-electron chi connectivity index (χ3n) is 3.45. The summed E-state index contributed by atoms with van der Waals surface area (Å²) in [5, 5.41) is 13.6. The fourth-order valence-electron chi connectivity index (χ4n) is 2.19. The Morgan fingerprint density at radius 1 is 1.32 bits per heavy atom. The summed E-state index contributed by atoms with van der Waals surface area (Å²) in [7, 11) is 0. The Kier molecular flexibility index (Phi) is 4.02. The molecule has 0 aliphatic heterocycles. The topological polar surface area (TPSA) is 63.3 Å². The molecule has 2 rings (SSSR count). The van der Waals surface area contributed by atoms with Gasteiger partial charge in [-0.2, -0.15) is 11.3 Å². The van der Waals surface area contributed by atoms with Crippen LogP contribution in [0.3, 0.4) is 0 Å². The second-order valence-corrected chi connectivity index (χ2v) is 5.55. The highest BCUT2D eigenvalue weighted by molar-refractivity contribution is 7.07. The highest BCUT2D eigenvalue weighted by Gasteiger charge is 2.39. The molecule has 0 saturated heterocycles. The Hall–Kier alpha value is -1.65. The summed E-state index contributed by atoms with van der Waals surface area (Å²) < 4.78 is 0. The summed E-state index contributed by atoms with van der Waals surface area (Å²) in [5.41, 5.74) is 7.65. The second-order valence-electron chi connectivity index (χ2n) is 4.77. The second kappa shape index (κ2) is 5.55. The number of hydrogen-bond acceptors (Lipinski definition) is 3. The van der Waals surface area contributed by atoms with Crippen LogP contribution < -0.4 is 5.73 Å². The molecule has 0 bridgehead atoms. The molecule has 1 aromatic heterocycles. The van der Waals surface area contributed by atoms with Gasteiger partial charge in [-0.3, -0.25) is 4.79 Å². The fraction of sp³-hybridized carbons (Fsp3) is 0.267. The van der Waals surface area contributed by atoms with Gasteiger partial charge in [0.05, 0.1) is 0 Å². The third-order valence-corrected chi connectivity index (χ3v) is 4.18. The standard InChI is InChI=1S/C15H17NO2S/c1-11-2-4-13(5-3-11)15(10-16,14(17)18)8-12-6-7-19-9-12/h2-7,9H,8,10,16H2,1H3,(H,17,18). The van der Waals surface area contributed by atoms with E-state index in [1.165, 1.54) is 0 Å². The van der Waals surface area contributed by atoms with Crippen molar-refractivity contribution in [3.8, 4) is 0 Å². The van der Waals surface area contributed by atoms with Crippen molar-refractivity contribution in [2.45, 2.75) is 18.8 Å². The summed E-state index contributed by atoms with van der Waals surface area (Å²) >= 11 is 1.57. The predicted molar refractivity (Wildman–Crippen MR) is 77.6 cm³/mol. The minimum Gasteiger partial charge on any atom is -0.481 e. The zero-order chi connectivity index (χ0) is 13.9. The molecule has 1 atom stereocenters. The number of carbonyl (C=O) groups is 1. The lowest BCUT2D eigenvalue weighted by atomic mass is 9.76. The van der Waals surface area contributed by atoms with Crippen LogP contribution in [0.5, 0.6) is 0 Å². The van der Waals surface area contributed by atoms with Gasteiger partial charge in [-0.05, 0) is 41.3 Å². The predicted octanol–water partition coefficient (Wildman–Crippen LogP) is 2.58. The number of aliphatic carboxylic acids is 1. The molecule has 1 heterocycles. The molecule has 3 N–H and O–H groups in total. The first-order valence-electron chi connectivity index (χ1n) is 6.10. The minimum absolute atomic E-state index is 0.0846. The number of aryl methyl sites for hydroxylation is 1. The first kappa shape index (κ1) is 13.8. The molecule has 4 heteroatoms. The largest absolute Gasteiger partial charge is 0.481 e. The molecule has 0 saturated carbocycles. The van der Waals surface area contributed by atoms with Gasteiger partial charge in [-0.15, -0.1) is 0 Å². The van der Waals surface area contributed by atoms with E-state index in [1.54, 1.807) is 11.3 Å². The average Bonchev–Trinajstić information content (AvgIpc) is 2.89. The van der Waals surface area contributed by atoms with Gasteiger partial charge in [0.15, 0.2) is 0 Å². The quantitative estimate of drug-likeness (QED) is 0.881. The van der Waals surface area contributed by atoms with Crippen molar-refractivity contribution in [1.82, 2.24) is 0 Å². The van der Waals surface area contributed by atoms with E-state index in [9.17, 15) is 9.90 Å². The first-order chi connectivity index (χ1) is 9.08. The van der Waals surface area contributed by atoms with Crippen LogP contribution in [-0.2, 0) is 16.6 Å². The van der Waals surface area contributed by atoms with Crippen LogP contribution in [0.2, 0.25) is 0 Å². The van der Waals surface area contributed by atoms with E-state index in [2.05, 4.69) is 0 Å². The normalized spacial score (nSPS) is 14.0. The molecule has 0 amide bonds. The summed E-state index contributed by atoms with van der Waals surface area (Å²) in [6, 6.07) is 9.53. The molecule has 1 unspecified atom stereocenters. The van der Waals surface area contributed by atoms with Crippen LogP contribution >= 0.6 is 11.3 Å². The number of benzene rings is 1. The molecular weight excluding hydrogens is 258 g/mol. The molecule has 0 aliphatic carbocycles. The van der Waals surface area contributed by atoms with E-state index < -0.39 is 11.4 Å². The van der Waals surface area contributed by atoms with E-state index in [0.29, 0.717) is 6.42 Å². The van der Waals surface area contributed by atoms with Crippen LogP contribution in [0.4, 0.5) is 0 Å². The van der Waals surface area contributed by atoms with Gasteiger partial charge in [0.25, 0.3) is 0 Å². The number of carboxylic acid groups (broad SMARTS) is 1.